The van der Waals surface area contributed by atoms with E-state index in [2.05, 4.69) is 20.9 Å². The summed E-state index contributed by atoms with van der Waals surface area (Å²) in [6, 6.07) is 12.3. The van der Waals surface area contributed by atoms with Gasteiger partial charge < -0.3 is 4.90 Å². The third-order valence-corrected chi connectivity index (χ3v) is 5.90. The molecule has 24 heavy (non-hydrogen) atoms. The third-order valence-electron chi connectivity index (χ3n) is 4.27. The molecule has 1 aliphatic heterocycles. The average molecular weight is 405 g/mol. The predicted molar refractivity (Wildman–Crippen MR) is 96.7 cm³/mol. The number of halogens is 2. The van der Waals surface area contributed by atoms with Crippen molar-refractivity contribution in [1.82, 2.24) is 9.88 Å². The van der Waals surface area contributed by atoms with Gasteiger partial charge in [0.15, 0.2) is 0 Å². The molecule has 122 valence electrons. The lowest BCUT2D eigenvalue weighted by Gasteiger charge is -2.23. The number of para-hydroxylation sites is 1. The zero-order valence-corrected chi connectivity index (χ0v) is 15.1. The molecule has 3 aromatic rings. The number of nitrogens with zero attached hydrogens (tertiary/aromatic N) is 2. The van der Waals surface area contributed by atoms with Crippen LogP contribution in [0.4, 0.5) is 4.39 Å². The Morgan fingerprint density at radius 1 is 1.29 bits per heavy atom. The molecule has 0 bridgehead atoms. The average Bonchev–Trinajstić information content (AvgIpc) is 3.22. The molecule has 0 radical (unpaired) electrons. The molecule has 1 aliphatic rings. The molecule has 1 amide bonds. The number of aromatic nitrogens is 1. The molecule has 2 aromatic carbocycles. The topological polar surface area (TPSA) is 33.2 Å². The van der Waals surface area contributed by atoms with Crippen molar-refractivity contribution in [2.24, 2.45) is 0 Å². The Kier molecular flexibility index (Phi) is 4.10. The van der Waals surface area contributed by atoms with E-state index in [4.69, 9.17) is 0 Å². The van der Waals surface area contributed by atoms with Gasteiger partial charge in [-0.15, -0.1) is 11.3 Å². The number of fused-ring (bicyclic) bond motifs is 1. The number of likely N-dealkylation sites (tertiary alicyclic amines) is 1. The molecule has 1 aromatic heterocycles. The van der Waals surface area contributed by atoms with Gasteiger partial charge >= 0.3 is 0 Å². The first-order chi connectivity index (χ1) is 11.6. The van der Waals surface area contributed by atoms with Gasteiger partial charge in [-0.1, -0.05) is 28.1 Å². The fraction of sp³-hybridized carbons (Fsp3) is 0.222. The Balaban J connectivity index is 1.69. The summed E-state index contributed by atoms with van der Waals surface area (Å²) < 4.78 is 15.9. The number of amides is 1. The number of rotatable bonds is 2. The molecule has 1 fully saturated rings. The minimum atomic E-state index is -0.488. The van der Waals surface area contributed by atoms with Crippen molar-refractivity contribution < 1.29 is 9.18 Å². The van der Waals surface area contributed by atoms with E-state index in [1.54, 1.807) is 28.4 Å². The van der Waals surface area contributed by atoms with Crippen molar-refractivity contribution >= 4 is 43.4 Å². The van der Waals surface area contributed by atoms with Gasteiger partial charge in [-0.3, -0.25) is 4.79 Å². The smallest absolute Gasteiger partial charge is 0.257 e. The standard InChI is InChI=1S/C18H14BrFN2OS/c19-11-7-8-13(20)12(10-11)18(23)22-9-3-5-15(22)17-21-14-4-1-2-6-16(14)24-17/h1-2,4,6-8,10,15H,3,5,9H2/t15-/m1/s1. The van der Waals surface area contributed by atoms with Gasteiger partial charge in [0, 0.05) is 11.0 Å². The molecule has 6 heteroatoms. The van der Waals surface area contributed by atoms with Crippen LogP contribution in [0.25, 0.3) is 10.2 Å². The first-order valence-corrected chi connectivity index (χ1v) is 9.36. The number of thiazole rings is 1. The van der Waals surface area contributed by atoms with Crippen LogP contribution in [-0.2, 0) is 0 Å². The molecule has 0 saturated carbocycles. The van der Waals surface area contributed by atoms with Gasteiger partial charge in [-0.25, -0.2) is 9.37 Å². The van der Waals surface area contributed by atoms with Crippen LogP contribution in [0.1, 0.15) is 34.2 Å². The van der Waals surface area contributed by atoms with Crippen LogP contribution in [-0.4, -0.2) is 22.3 Å². The maximum atomic E-state index is 14.1. The fourth-order valence-corrected chi connectivity index (χ4v) is 4.59. The second-order valence-electron chi connectivity index (χ2n) is 5.80. The van der Waals surface area contributed by atoms with Crippen molar-refractivity contribution in [2.45, 2.75) is 18.9 Å². The van der Waals surface area contributed by atoms with Crippen LogP contribution in [0.15, 0.2) is 46.9 Å². The van der Waals surface area contributed by atoms with E-state index in [0.29, 0.717) is 11.0 Å². The van der Waals surface area contributed by atoms with Gasteiger partial charge in [-0.05, 0) is 43.2 Å². The van der Waals surface area contributed by atoms with E-state index in [0.717, 1.165) is 28.1 Å². The summed E-state index contributed by atoms with van der Waals surface area (Å²) in [6.45, 7) is 0.630. The summed E-state index contributed by atoms with van der Waals surface area (Å²) in [6.07, 6.45) is 1.77. The van der Waals surface area contributed by atoms with Crippen LogP contribution in [0.5, 0.6) is 0 Å². The van der Waals surface area contributed by atoms with E-state index < -0.39 is 5.82 Å². The Morgan fingerprint density at radius 3 is 2.96 bits per heavy atom. The van der Waals surface area contributed by atoms with E-state index in [9.17, 15) is 9.18 Å². The largest absolute Gasteiger partial charge is 0.329 e. The molecule has 4 rings (SSSR count). The molecule has 3 nitrogen and oxygen atoms in total. The van der Waals surface area contributed by atoms with E-state index in [1.165, 1.54) is 6.07 Å². The minimum Gasteiger partial charge on any atom is -0.329 e. The number of carbonyl (C=O) groups excluding carboxylic acids is 1. The number of benzene rings is 2. The van der Waals surface area contributed by atoms with E-state index in [1.807, 2.05) is 24.3 Å². The zero-order chi connectivity index (χ0) is 16.7. The summed E-state index contributed by atoms with van der Waals surface area (Å²) >= 11 is 4.92. The summed E-state index contributed by atoms with van der Waals surface area (Å²) in [5.41, 5.74) is 1.06. The van der Waals surface area contributed by atoms with Crippen LogP contribution >= 0.6 is 27.3 Å². The third kappa shape index (κ3) is 2.74. The van der Waals surface area contributed by atoms with Gasteiger partial charge in [0.2, 0.25) is 0 Å². The SMILES string of the molecule is O=C(c1cc(Br)ccc1F)N1CCC[C@@H]1c1nc2ccccc2s1. The second-order valence-corrected chi connectivity index (χ2v) is 7.78. The van der Waals surface area contributed by atoms with E-state index in [-0.39, 0.29) is 17.5 Å². The summed E-state index contributed by atoms with van der Waals surface area (Å²) in [4.78, 5) is 19.3. The molecule has 0 unspecified atom stereocenters. The van der Waals surface area contributed by atoms with Gasteiger partial charge in [0.25, 0.3) is 5.91 Å². The minimum absolute atomic E-state index is 0.0757. The molecule has 2 heterocycles. The number of hydrogen-bond acceptors (Lipinski definition) is 3. The highest BCUT2D eigenvalue weighted by molar-refractivity contribution is 9.10. The first kappa shape index (κ1) is 15.7. The van der Waals surface area contributed by atoms with Crippen molar-refractivity contribution in [3.8, 4) is 0 Å². The Hall–Kier alpha value is -1.79. The Labute approximate surface area is 151 Å². The van der Waals surface area contributed by atoms with Crippen LogP contribution in [0, 0.1) is 5.82 Å². The lowest BCUT2D eigenvalue weighted by Crippen LogP contribution is -2.31. The normalized spacial score (nSPS) is 17.6. The van der Waals surface area contributed by atoms with Crippen LogP contribution in [0.3, 0.4) is 0 Å². The lowest BCUT2D eigenvalue weighted by atomic mass is 10.1. The number of hydrogen-bond donors (Lipinski definition) is 0. The van der Waals surface area contributed by atoms with Crippen LogP contribution < -0.4 is 0 Å². The van der Waals surface area contributed by atoms with Gasteiger partial charge in [-0.2, -0.15) is 0 Å². The maximum absolute atomic E-state index is 14.1. The highest BCUT2D eigenvalue weighted by Gasteiger charge is 2.33. The second kappa shape index (κ2) is 6.26. The highest BCUT2D eigenvalue weighted by Crippen LogP contribution is 2.37. The molecule has 0 N–H and O–H groups in total. The maximum Gasteiger partial charge on any atom is 0.257 e. The first-order valence-electron chi connectivity index (χ1n) is 7.75. The Morgan fingerprint density at radius 2 is 2.12 bits per heavy atom. The molecule has 1 saturated heterocycles. The van der Waals surface area contributed by atoms with Crippen molar-refractivity contribution in [3.05, 3.63) is 63.3 Å². The monoisotopic (exact) mass is 404 g/mol. The zero-order valence-electron chi connectivity index (χ0n) is 12.7. The van der Waals surface area contributed by atoms with Gasteiger partial charge in [0.05, 0.1) is 21.8 Å². The molecule has 1 atom stereocenters. The van der Waals surface area contributed by atoms with Crippen molar-refractivity contribution in [3.63, 3.8) is 0 Å². The molecule has 0 spiro atoms. The van der Waals surface area contributed by atoms with Crippen LogP contribution in [0.2, 0.25) is 0 Å². The Bertz CT molecular complexity index is 893. The fourth-order valence-electron chi connectivity index (χ4n) is 3.12. The quantitative estimate of drug-likeness (QED) is 0.589. The van der Waals surface area contributed by atoms with Crippen molar-refractivity contribution in [1.29, 1.82) is 0 Å². The summed E-state index contributed by atoms with van der Waals surface area (Å²) in [5.74, 6) is -0.756. The summed E-state index contributed by atoms with van der Waals surface area (Å²) in [5, 5.41) is 0.928. The lowest BCUT2D eigenvalue weighted by molar-refractivity contribution is 0.0730. The number of carbonyl (C=O) groups is 1. The summed E-state index contributed by atoms with van der Waals surface area (Å²) in [7, 11) is 0. The van der Waals surface area contributed by atoms with E-state index >= 15 is 0 Å². The van der Waals surface area contributed by atoms with Crippen molar-refractivity contribution in [2.75, 3.05) is 6.54 Å². The highest BCUT2D eigenvalue weighted by atomic mass is 79.9. The van der Waals surface area contributed by atoms with Gasteiger partial charge in [0.1, 0.15) is 10.8 Å². The molecule has 0 aliphatic carbocycles. The predicted octanol–water partition coefficient (Wildman–Crippen LogP) is 5.18. The molecular weight excluding hydrogens is 391 g/mol. The molecular formula is C18H14BrFN2OS.